The topological polar surface area (TPSA) is 107 Å². The van der Waals surface area contributed by atoms with E-state index in [1.54, 1.807) is 24.4 Å². The number of nitriles is 1. The number of hydrogen-bond acceptors (Lipinski definition) is 6. The fourth-order valence-corrected chi connectivity index (χ4v) is 4.94. The first-order valence-corrected chi connectivity index (χ1v) is 10.5. The van der Waals surface area contributed by atoms with Gasteiger partial charge in [-0.3, -0.25) is 14.7 Å². The van der Waals surface area contributed by atoms with Crippen LogP contribution in [0, 0.1) is 29.0 Å². The predicted molar refractivity (Wildman–Crippen MR) is 113 cm³/mol. The summed E-state index contributed by atoms with van der Waals surface area (Å²) in [4.78, 5) is 29.1. The van der Waals surface area contributed by atoms with Crippen molar-refractivity contribution in [1.82, 2.24) is 15.6 Å². The summed E-state index contributed by atoms with van der Waals surface area (Å²) in [6.45, 7) is 3.46. The summed E-state index contributed by atoms with van der Waals surface area (Å²) in [7, 11) is 0. The summed E-state index contributed by atoms with van der Waals surface area (Å²) in [5.74, 6) is -0.123. The lowest BCUT2D eigenvalue weighted by Crippen LogP contribution is -2.33. The van der Waals surface area contributed by atoms with Gasteiger partial charge >= 0.3 is 6.09 Å². The minimum atomic E-state index is -0.579. The van der Waals surface area contributed by atoms with Crippen LogP contribution < -0.4 is 15.5 Å². The molecule has 2 N–H and O–H groups in total. The van der Waals surface area contributed by atoms with Crippen LogP contribution in [0.25, 0.3) is 11.1 Å². The molecule has 3 fully saturated rings. The number of cyclic esters (lactones) is 1. The lowest BCUT2D eigenvalue weighted by Gasteiger charge is -2.15. The van der Waals surface area contributed by atoms with Crippen molar-refractivity contribution in [2.45, 2.75) is 18.4 Å². The van der Waals surface area contributed by atoms with Crippen molar-refractivity contribution in [2.75, 3.05) is 31.1 Å². The molecule has 2 aliphatic heterocycles. The van der Waals surface area contributed by atoms with Crippen molar-refractivity contribution in [3.05, 3.63) is 48.0 Å². The number of carbonyl (C=O) groups excluding carboxylic acids is 2. The van der Waals surface area contributed by atoms with Gasteiger partial charge in [-0.05, 0) is 24.3 Å². The molecule has 3 aliphatic rings. The average Bonchev–Trinajstić information content (AvgIpc) is 3.09. The Morgan fingerprint density at radius 1 is 1.38 bits per heavy atom. The molecule has 2 amide bonds. The number of carbonyl (C=O) groups is 2. The third-order valence-corrected chi connectivity index (χ3v) is 6.68. The van der Waals surface area contributed by atoms with Crippen LogP contribution in [0.5, 0.6) is 0 Å². The minimum absolute atomic E-state index is 0.206. The van der Waals surface area contributed by atoms with Gasteiger partial charge in [0.25, 0.3) is 0 Å². The van der Waals surface area contributed by atoms with Crippen LogP contribution in [0.4, 0.5) is 14.9 Å². The number of nitrogens with zero attached hydrogens (tertiary/aromatic N) is 3. The van der Waals surface area contributed by atoms with Gasteiger partial charge in [-0.25, -0.2) is 9.18 Å². The van der Waals surface area contributed by atoms with E-state index in [0.29, 0.717) is 16.8 Å². The second-order valence-corrected chi connectivity index (χ2v) is 8.50. The third-order valence-electron chi connectivity index (χ3n) is 6.68. The van der Waals surface area contributed by atoms with E-state index < -0.39 is 23.4 Å². The molecular weight excluding hydrogens is 413 g/mol. The Labute approximate surface area is 184 Å². The largest absolute Gasteiger partial charge is 0.442 e. The lowest BCUT2D eigenvalue weighted by molar-refractivity contribution is -0.119. The van der Waals surface area contributed by atoms with Crippen molar-refractivity contribution in [3.8, 4) is 17.2 Å². The quantitative estimate of drug-likeness (QED) is 0.744. The molecule has 1 aliphatic carbocycles. The van der Waals surface area contributed by atoms with E-state index in [9.17, 15) is 19.2 Å². The highest BCUT2D eigenvalue weighted by Gasteiger charge is 2.69. The fraction of sp³-hybridized carbons (Fsp3) is 0.391. The van der Waals surface area contributed by atoms with Gasteiger partial charge in [0.15, 0.2) is 0 Å². The highest BCUT2D eigenvalue weighted by atomic mass is 19.1. The molecule has 2 saturated heterocycles. The first-order valence-electron chi connectivity index (χ1n) is 10.5. The van der Waals surface area contributed by atoms with Crippen molar-refractivity contribution < 1.29 is 18.7 Å². The molecule has 9 heteroatoms. The van der Waals surface area contributed by atoms with E-state index in [1.165, 1.54) is 17.9 Å². The number of nitrogens with one attached hydrogen (secondary N) is 2. The molecule has 5 rings (SSSR count). The van der Waals surface area contributed by atoms with Crippen LogP contribution in [0.15, 0.2) is 36.5 Å². The molecule has 2 aromatic rings. The molecule has 164 valence electrons. The summed E-state index contributed by atoms with van der Waals surface area (Å²) in [5.41, 5.74) is 1.55. The zero-order chi connectivity index (χ0) is 22.5. The molecule has 0 unspecified atom stereocenters. The van der Waals surface area contributed by atoms with Gasteiger partial charge in [-0.15, -0.1) is 0 Å². The number of benzene rings is 1. The smallest absolute Gasteiger partial charge is 0.414 e. The summed E-state index contributed by atoms with van der Waals surface area (Å²) in [6, 6.07) is 10.6. The van der Waals surface area contributed by atoms with Crippen LogP contribution in [0.2, 0.25) is 0 Å². The number of halogens is 1. The van der Waals surface area contributed by atoms with Crippen molar-refractivity contribution >= 4 is 17.7 Å². The number of hydrogen-bond donors (Lipinski definition) is 2. The summed E-state index contributed by atoms with van der Waals surface area (Å²) >= 11 is 0. The van der Waals surface area contributed by atoms with Crippen molar-refractivity contribution in [3.63, 3.8) is 0 Å². The number of piperidine rings is 1. The van der Waals surface area contributed by atoms with Crippen LogP contribution in [-0.4, -0.2) is 49.3 Å². The van der Waals surface area contributed by atoms with E-state index in [1.807, 2.05) is 6.07 Å². The fourth-order valence-electron chi connectivity index (χ4n) is 4.94. The van der Waals surface area contributed by atoms with Gasteiger partial charge in [-0.1, -0.05) is 6.07 Å². The summed E-state index contributed by atoms with van der Waals surface area (Å²) in [5, 5.41) is 15.6. The summed E-state index contributed by atoms with van der Waals surface area (Å²) < 4.78 is 20.2. The number of fused-ring (bicyclic) bond motifs is 1. The van der Waals surface area contributed by atoms with Crippen LogP contribution in [0.1, 0.15) is 12.6 Å². The van der Waals surface area contributed by atoms with Gasteiger partial charge in [-0.2, -0.15) is 5.26 Å². The molecule has 3 heterocycles. The Morgan fingerprint density at radius 3 is 2.78 bits per heavy atom. The molecule has 0 spiro atoms. The molecule has 8 nitrogen and oxygen atoms in total. The molecular formula is C23H22FN5O3. The first kappa shape index (κ1) is 20.4. The maximum Gasteiger partial charge on any atom is 0.414 e. The number of aromatic nitrogens is 1. The highest BCUT2D eigenvalue weighted by Crippen LogP contribution is 2.60. The number of ether oxygens (including phenoxy) is 1. The van der Waals surface area contributed by atoms with Gasteiger partial charge in [0.2, 0.25) is 5.91 Å². The Balaban J connectivity index is 1.32. The van der Waals surface area contributed by atoms with Gasteiger partial charge in [0.05, 0.1) is 30.5 Å². The molecule has 1 saturated carbocycles. The second kappa shape index (κ2) is 7.57. The molecule has 32 heavy (non-hydrogen) atoms. The van der Waals surface area contributed by atoms with Gasteiger partial charge < -0.3 is 15.4 Å². The average molecular weight is 435 g/mol. The Morgan fingerprint density at radius 2 is 2.16 bits per heavy atom. The number of anilines is 1. The van der Waals surface area contributed by atoms with Gasteiger partial charge in [0.1, 0.15) is 17.3 Å². The standard InChI is InChI=1S/C23H22FN5O3/c1-13(30)27-8-16-11-29(22(31)32-16)15-3-4-17(20(24)6-15)14-2-5-21(28-7-14)23(12-25)18-9-26-10-19(18)23/h2-7,16,18-19,26H,8-11H2,1H3,(H,27,30)/t16-,18-,19-/m0/s1. The van der Waals surface area contributed by atoms with Crippen LogP contribution >= 0.6 is 0 Å². The van der Waals surface area contributed by atoms with Crippen LogP contribution in [-0.2, 0) is 14.9 Å². The Hall–Kier alpha value is -3.51. The molecule has 0 bridgehead atoms. The number of amides is 2. The normalized spacial score (nSPS) is 28.1. The number of rotatable bonds is 5. The number of pyridine rings is 1. The van der Waals surface area contributed by atoms with Gasteiger partial charge in [0, 0.05) is 49.2 Å². The highest BCUT2D eigenvalue weighted by molar-refractivity contribution is 5.90. The Kier molecular flexibility index (Phi) is 4.82. The first-order chi connectivity index (χ1) is 15.4. The SMILES string of the molecule is CC(=O)NC[C@H]1CN(c2ccc(-c3ccc(C4(C#N)[C@H]5CNC[C@@H]54)nc3)c(F)c2)C(=O)O1. The third kappa shape index (κ3) is 3.19. The van der Waals surface area contributed by atoms with E-state index in [0.717, 1.165) is 18.8 Å². The molecule has 1 aromatic carbocycles. The maximum absolute atomic E-state index is 14.9. The maximum atomic E-state index is 14.9. The van der Waals surface area contributed by atoms with E-state index >= 15 is 0 Å². The molecule has 3 atom stereocenters. The molecule has 1 aromatic heterocycles. The Bertz CT molecular complexity index is 1120. The van der Waals surface area contributed by atoms with Crippen molar-refractivity contribution in [2.24, 2.45) is 11.8 Å². The second-order valence-electron chi connectivity index (χ2n) is 8.50. The monoisotopic (exact) mass is 435 g/mol. The minimum Gasteiger partial charge on any atom is -0.442 e. The summed E-state index contributed by atoms with van der Waals surface area (Å²) in [6.07, 6.45) is 0.530. The van der Waals surface area contributed by atoms with Crippen LogP contribution in [0.3, 0.4) is 0 Å². The predicted octanol–water partition coefficient (Wildman–Crippen LogP) is 1.96. The van der Waals surface area contributed by atoms with E-state index in [-0.39, 0.29) is 30.8 Å². The van der Waals surface area contributed by atoms with E-state index in [2.05, 4.69) is 21.7 Å². The van der Waals surface area contributed by atoms with E-state index in [4.69, 9.17) is 4.74 Å². The molecule has 0 radical (unpaired) electrons. The lowest BCUT2D eigenvalue weighted by atomic mass is 9.96. The zero-order valence-electron chi connectivity index (χ0n) is 17.5. The van der Waals surface area contributed by atoms with Crippen molar-refractivity contribution in [1.29, 1.82) is 5.26 Å². The zero-order valence-corrected chi connectivity index (χ0v) is 17.5.